The Morgan fingerprint density at radius 1 is 1.04 bits per heavy atom. The number of amides is 2. The van der Waals surface area contributed by atoms with Gasteiger partial charge in [0.1, 0.15) is 5.75 Å². The maximum absolute atomic E-state index is 11.7. The lowest BCUT2D eigenvalue weighted by molar-refractivity contribution is 0.0910. The van der Waals surface area contributed by atoms with E-state index in [1.54, 1.807) is 18.2 Å². The van der Waals surface area contributed by atoms with Crippen LogP contribution in [0.5, 0.6) is 5.75 Å². The van der Waals surface area contributed by atoms with Crippen molar-refractivity contribution >= 4 is 35.2 Å². The van der Waals surface area contributed by atoms with Crippen LogP contribution in [0.1, 0.15) is 15.9 Å². The topological polar surface area (TPSA) is 87.7 Å². The van der Waals surface area contributed by atoms with Crippen LogP contribution in [0, 0.1) is 0 Å². The van der Waals surface area contributed by atoms with Gasteiger partial charge in [0.05, 0.1) is 6.61 Å². The normalized spacial score (nSPS) is 10.1. The van der Waals surface area contributed by atoms with E-state index in [0.717, 1.165) is 5.56 Å². The van der Waals surface area contributed by atoms with Crippen LogP contribution in [-0.4, -0.2) is 23.7 Å². The molecule has 2 rings (SSSR count). The molecular formula is C16H14Cl2N2O4. The molecule has 0 aliphatic rings. The van der Waals surface area contributed by atoms with Gasteiger partial charge in [0.15, 0.2) is 0 Å². The quantitative estimate of drug-likeness (QED) is 0.722. The lowest BCUT2D eigenvalue weighted by Crippen LogP contribution is -2.42. The Balaban J connectivity index is 1.73. The maximum atomic E-state index is 11.7. The molecule has 2 amide bonds. The molecule has 0 atom stereocenters. The zero-order valence-corrected chi connectivity index (χ0v) is 13.9. The third-order valence-corrected chi connectivity index (χ3v) is 3.61. The van der Waals surface area contributed by atoms with Crippen LogP contribution in [0.4, 0.5) is 4.79 Å². The highest BCUT2D eigenvalue weighted by atomic mass is 35.5. The Morgan fingerprint density at radius 2 is 1.75 bits per heavy atom. The number of benzene rings is 2. The second-order valence-corrected chi connectivity index (χ2v) is 5.59. The van der Waals surface area contributed by atoms with Crippen molar-refractivity contribution in [2.75, 3.05) is 6.61 Å². The van der Waals surface area contributed by atoms with Crippen molar-refractivity contribution in [1.82, 2.24) is 10.9 Å². The van der Waals surface area contributed by atoms with Crippen LogP contribution in [0.2, 0.25) is 10.0 Å². The van der Waals surface area contributed by atoms with Crippen LogP contribution in [0.15, 0.2) is 42.5 Å². The summed E-state index contributed by atoms with van der Waals surface area (Å²) in [6.45, 7) is 0.0856. The van der Waals surface area contributed by atoms with Crippen LogP contribution in [0.3, 0.4) is 0 Å². The fourth-order valence-corrected chi connectivity index (χ4v) is 2.31. The van der Waals surface area contributed by atoms with Gasteiger partial charge < -0.3 is 9.84 Å². The standard InChI is InChI=1S/C16H14Cl2N2O4/c17-12-4-1-10(14(18)9-12)7-8-24-16(23)20-19-15(22)11-2-5-13(21)6-3-11/h1-6,9,21H,7-8H2,(H,19,22)(H,20,23). The van der Waals surface area contributed by atoms with E-state index in [1.165, 1.54) is 24.3 Å². The molecule has 0 spiro atoms. The summed E-state index contributed by atoms with van der Waals surface area (Å²) in [5.74, 6) is -0.493. The summed E-state index contributed by atoms with van der Waals surface area (Å²) in [7, 11) is 0. The first-order valence-electron chi connectivity index (χ1n) is 6.92. The number of hydrogen-bond donors (Lipinski definition) is 3. The number of carbonyl (C=O) groups excluding carboxylic acids is 2. The molecule has 2 aromatic carbocycles. The SMILES string of the molecule is O=C(NNC(=O)c1ccc(O)cc1)OCCc1ccc(Cl)cc1Cl. The number of ether oxygens (including phenoxy) is 1. The van der Waals surface area contributed by atoms with Crippen LogP contribution in [-0.2, 0) is 11.2 Å². The Kier molecular flexibility index (Phi) is 6.28. The summed E-state index contributed by atoms with van der Waals surface area (Å²) in [5.41, 5.74) is 5.40. The second kappa shape index (κ2) is 8.42. The predicted molar refractivity (Wildman–Crippen MR) is 90.2 cm³/mol. The highest BCUT2D eigenvalue weighted by Crippen LogP contribution is 2.21. The molecule has 0 aliphatic carbocycles. The summed E-state index contributed by atoms with van der Waals surface area (Å²) in [6, 6.07) is 10.6. The highest BCUT2D eigenvalue weighted by Gasteiger charge is 2.08. The number of halogens is 2. The third-order valence-electron chi connectivity index (χ3n) is 3.03. The Labute approximate surface area is 148 Å². The van der Waals surface area contributed by atoms with Gasteiger partial charge in [-0.05, 0) is 42.0 Å². The average molecular weight is 369 g/mol. The zero-order chi connectivity index (χ0) is 17.5. The Bertz CT molecular complexity index is 735. The van der Waals surface area contributed by atoms with Gasteiger partial charge in [-0.25, -0.2) is 10.2 Å². The summed E-state index contributed by atoms with van der Waals surface area (Å²) in [4.78, 5) is 23.3. The van der Waals surface area contributed by atoms with E-state index < -0.39 is 12.0 Å². The number of phenolic OH excluding ortho intramolecular Hbond substituents is 1. The number of carbonyl (C=O) groups is 2. The van der Waals surface area contributed by atoms with Crippen molar-refractivity contribution in [3.63, 3.8) is 0 Å². The molecule has 0 radical (unpaired) electrons. The van der Waals surface area contributed by atoms with Crippen molar-refractivity contribution in [3.05, 3.63) is 63.6 Å². The highest BCUT2D eigenvalue weighted by molar-refractivity contribution is 6.35. The first-order chi connectivity index (χ1) is 11.5. The molecule has 0 bridgehead atoms. The molecule has 0 aliphatic heterocycles. The zero-order valence-electron chi connectivity index (χ0n) is 12.4. The predicted octanol–water partition coefficient (Wildman–Crippen LogP) is 3.31. The number of nitrogens with one attached hydrogen (secondary N) is 2. The van der Waals surface area contributed by atoms with Gasteiger partial charge in [0, 0.05) is 22.0 Å². The van der Waals surface area contributed by atoms with E-state index in [1.807, 2.05) is 0 Å². The van der Waals surface area contributed by atoms with Gasteiger partial charge in [-0.1, -0.05) is 29.3 Å². The first-order valence-corrected chi connectivity index (χ1v) is 7.67. The largest absolute Gasteiger partial charge is 0.508 e. The van der Waals surface area contributed by atoms with Crippen molar-refractivity contribution in [3.8, 4) is 5.75 Å². The van der Waals surface area contributed by atoms with E-state index in [9.17, 15) is 9.59 Å². The number of aromatic hydroxyl groups is 1. The molecule has 3 N–H and O–H groups in total. The van der Waals surface area contributed by atoms with E-state index >= 15 is 0 Å². The monoisotopic (exact) mass is 368 g/mol. The molecule has 2 aromatic rings. The van der Waals surface area contributed by atoms with E-state index in [-0.39, 0.29) is 17.9 Å². The minimum Gasteiger partial charge on any atom is -0.508 e. The fourth-order valence-electron chi connectivity index (χ4n) is 1.81. The van der Waals surface area contributed by atoms with Gasteiger partial charge >= 0.3 is 6.09 Å². The van der Waals surface area contributed by atoms with Crippen molar-refractivity contribution in [2.24, 2.45) is 0 Å². The minimum atomic E-state index is -0.799. The second-order valence-electron chi connectivity index (χ2n) is 4.75. The molecule has 24 heavy (non-hydrogen) atoms. The van der Waals surface area contributed by atoms with Gasteiger partial charge in [-0.15, -0.1) is 0 Å². The average Bonchev–Trinajstić information content (AvgIpc) is 2.55. The molecule has 0 heterocycles. The number of hydrogen-bond acceptors (Lipinski definition) is 4. The molecule has 0 saturated carbocycles. The Morgan fingerprint density at radius 3 is 2.42 bits per heavy atom. The van der Waals surface area contributed by atoms with Gasteiger partial charge in [-0.3, -0.25) is 10.2 Å². The minimum absolute atomic E-state index is 0.0415. The van der Waals surface area contributed by atoms with Crippen LogP contribution in [0.25, 0.3) is 0 Å². The van der Waals surface area contributed by atoms with Gasteiger partial charge in [0.2, 0.25) is 0 Å². The first kappa shape index (κ1) is 17.9. The van der Waals surface area contributed by atoms with Gasteiger partial charge in [-0.2, -0.15) is 0 Å². The van der Waals surface area contributed by atoms with Crippen molar-refractivity contribution in [2.45, 2.75) is 6.42 Å². The van der Waals surface area contributed by atoms with Gasteiger partial charge in [0.25, 0.3) is 5.91 Å². The smallest absolute Gasteiger partial charge is 0.426 e. The maximum Gasteiger partial charge on any atom is 0.426 e. The molecule has 0 saturated heterocycles. The number of phenols is 1. The van der Waals surface area contributed by atoms with Crippen LogP contribution < -0.4 is 10.9 Å². The van der Waals surface area contributed by atoms with E-state index in [4.69, 9.17) is 33.0 Å². The van der Waals surface area contributed by atoms with E-state index in [0.29, 0.717) is 16.5 Å². The lowest BCUT2D eigenvalue weighted by Gasteiger charge is -2.09. The van der Waals surface area contributed by atoms with Crippen molar-refractivity contribution in [1.29, 1.82) is 0 Å². The lowest BCUT2D eigenvalue weighted by atomic mass is 10.2. The molecular weight excluding hydrogens is 355 g/mol. The molecule has 6 nitrogen and oxygen atoms in total. The molecule has 0 fully saturated rings. The summed E-state index contributed by atoms with van der Waals surface area (Å²) in [6.07, 6.45) is -0.387. The third kappa shape index (κ3) is 5.33. The Hall–Kier alpha value is -2.44. The summed E-state index contributed by atoms with van der Waals surface area (Å²) in [5, 5.41) is 10.2. The molecule has 0 aromatic heterocycles. The fraction of sp³-hybridized carbons (Fsp3) is 0.125. The molecule has 0 unspecified atom stereocenters. The van der Waals surface area contributed by atoms with Crippen molar-refractivity contribution < 1.29 is 19.4 Å². The molecule has 8 heteroatoms. The molecule has 126 valence electrons. The summed E-state index contributed by atoms with van der Waals surface area (Å²) >= 11 is 11.8. The number of hydrazine groups is 1. The summed E-state index contributed by atoms with van der Waals surface area (Å²) < 4.78 is 4.94. The number of rotatable bonds is 4. The van der Waals surface area contributed by atoms with Crippen LogP contribution >= 0.6 is 23.2 Å². The van der Waals surface area contributed by atoms with E-state index in [2.05, 4.69) is 10.9 Å².